The van der Waals surface area contributed by atoms with Gasteiger partial charge in [-0.2, -0.15) is 0 Å². The van der Waals surface area contributed by atoms with Crippen LogP contribution in [-0.4, -0.2) is 23.7 Å². The molecule has 110 valence electrons. The Balaban J connectivity index is 1.95. The van der Waals surface area contributed by atoms with Crippen LogP contribution in [0.4, 0.5) is 5.69 Å². The van der Waals surface area contributed by atoms with Crippen molar-refractivity contribution in [3.63, 3.8) is 0 Å². The van der Waals surface area contributed by atoms with Crippen LogP contribution in [0.15, 0.2) is 18.2 Å². The molecule has 0 aliphatic heterocycles. The Hall–Kier alpha value is -1.46. The van der Waals surface area contributed by atoms with Crippen molar-refractivity contribution in [3.8, 4) is 0 Å². The number of nitro benzene ring substituents is 1. The average molecular weight is 278 g/mol. The monoisotopic (exact) mass is 278 g/mol. The van der Waals surface area contributed by atoms with Crippen molar-refractivity contribution in [1.82, 2.24) is 5.32 Å². The van der Waals surface area contributed by atoms with E-state index in [1.54, 1.807) is 13.0 Å². The normalized spacial score (nSPS) is 23.1. The maximum absolute atomic E-state index is 11.0. The summed E-state index contributed by atoms with van der Waals surface area (Å²) in [6.45, 7) is 6.58. The summed E-state index contributed by atoms with van der Waals surface area (Å²) in [6, 6.07) is 6.00. The highest BCUT2D eigenvalue weighted by atomic mass is 16.6. The Morgan fingerprint density at radius 2 is 2.20 bits per heavy atom. The summed E-state index contributed by atoms with van der Waals surface area (Å²) in [7, 11) is 0. The molecule has 1 atom stereocenters. The minimum absolute atomic E-state index is 0.113. The van der Waals surface area contributed by atoms with Crippen LogP contribution < -0.4 is 5.32 Å². The van der Waals surface area contributed by atoms with Crippen LogP contribution in [0.3, 0.4) is 0 Å². The van der Waals surface area contributed by atoms with Crippen molar-refractivity contribution in [2.75, 3.05) is 6.61 Å². The number of hydrogen-bond acceptors (Lipinski definition) is 4. The molecule has 2 rings (SSSR count). The summed E-state index contributed by atoms with van der Waals surface area (Å²) < 4.78 is 5.53. The zero-order valence-electron chi connectivity index (χ0n) is 12.3. The van der Waals surface area contributed by atoms with Crippen molar-refractivity contribution in [1.29, 1.82) is 0 Å². The number of ether oxygens (including phenoxy) is 1. The van der Waals surface area contributed by atoms with Crippen LogP contribution in [-0.2, 0) is 4.74 Å². The van der Waals surface area contributed by atoms with Crippen LogP contribution in [0.1, 0.15) is 43.9 Å². The number of hydrogen-bond donors (Lipinski definition) is 1. The average Bonchev–Trinajstić information content (AvgIpc) is 2.36. The maximum atomic E-state index is 11.0. The van der Waals surface area contributed by atoms with Gasteiger partial charge in [0.1, 0.15) is 0 Å². The van der Waals surface area contributed by atoms with Crippen molar-refractivity contribution < 1.29 is 9.66 Å². The number of nitrogens with zero attached hydrogens (tertiary/aromatic N) is 1. The topological polar surface area (TPSA) is 64.4 Å². The lowest BCUT2D eigenvalue weighted by Gasteiger charge is -2.37. The fourth-order valence-electron chi connectivity index (χ4n) is 2.62. The minimum atomic E-state index is -0.319. The molecule has 0 radical (unpaired) electrons. The van der Waals surface area contributed by atoms with Gasteiger partial charge in [-0.15, -0.1) is 0 Å². The third-order valence-electron chi connectivity index (χ3n) is 3.91. The highest BCUT2D eigenvalue weighted by molar-refractivity contribution is 5.43. The van der Waals surface area contributed by atoms with E-state index in [9.17, 15) is 10.1 Å². The molecule has 20 heavy (non-hydrogen) atoms. The summed E-state index contributed by atoms with van der Waals surface area (Å²) in [6.07, 6.45) is 2.41. The van der Waals surface area contributed by atoms with Gasteiger partial charge >= 0.3 is 0 Å². The first-order valence-corrected chi connectivity index (χ1v) is 7.13. The number of nitrogens with one attached hydrogen (secondary N) is 1. The number of rotatable bonds is 6. The van der Waals surface area contributed by atoms with Crippen LogP contribution in [0.25, 0.3) is 0 Å². The SMILES string of the molecule is CCOC1CC(NC(C)c2ccc(C)c([N+](=O)[O-])c2)C1. The lowest BCUT2D eigenvalue weighted by Crippen LogP contribution is -2.46. The van der Waals surface area contributed by atoms with Crippen LogP contribution >= 0.6 is 0 Å². The lowest BCUT2D eigenvalue weighted by atomic mass is 9.88. The summed E-state index contributed by atoms with van der Waals surface area (Å²) in [5.74, 6) is 0. The third kappa shape index (κ3) is 3.35. The van der Waals surface area contributed by atoms with Gasteiger partial charge in [0.05, 0.1) is 11.0 Å². The fraction of sp³-hybridized carbons (Fsp3) is 0.600. The molecule has 1 aliphatic rings. The Morgan fingerprint density at radius 1 is 1.50 bits per heavy atom. The van der Waals surface area contributed by atoms with E-state index in [1.165, 1.54) is 0 Å². The van der Waals surface area contributed by atoms with E-state index in [-0.39, 0.29) is 16.7 Å². The molecule has 5 heteroatoms. The smallest absolute Gasteiger partial charge is 0.272 e. The first-order valence-electron chi connectivity index (χ1n) is 7.13. The second-order valence-corrected chi connectivity index (χ2v) is 5.44. The van der Waals surface area contributed by atoms with Gasteiger partial charge in [0.25, 0.3) is 5.69 Å². The van der Waals surface area contributed by atoms with E-state index in [4.69, 9.17) is 4.74 Å². The van der Waals surface area contributed by atoms with E-state index < -0.39 is 0 Å². The predicted molar refractivity (Wildman–Crippen MR) is 77.8 cm³/mol. The second kappa shape index (κ2) is 6.33. The molecule has 0 spiro atoms. The lowest BCUT2D eigenvalue weighted by molar-refractivity contribution is -0.385. The van der Waals surface area contributed by atoms with Gasteiger partial charge in [-0.3, -0.25) is 10.1 Å². The molecule has 5 nitrogen and oxygen atoms in total. The minimum Gasteiger partial charge on any atom is -0.378 e. The fourth-order valence-corrected chi connectivity index (χ4v) is 2.62. The summed E-state index contributed by atoms with van der Waals surface area (Å²) in [5.41, 5.74) is 1.85. The Labute approximate surface area is 119 Å². The molecule has 1 fully saturated rings. The number of aryl methyl sites for hydroxylation is 1. The summed E-state index contributed by atoms with van der Waals surface area (Å²) in [5, 5.41) is 14.5. The molecule has 0 bridgehead atoms. The Morgan fingerprint density at radius 3 is 2.80 bits per heavy atom. The van der Waals surface area contributed by atoms with Gasteiger partial charge in [0.15, 0.2) is 0 Å². The highest BCUT2D eigenvalue weighted by Gasteiger charge is 2.30. The van der Waals surface area contributed by atoms with Gasteiger partial charge in [0, 0.05) is 30.3 Å². The van der Waals surface area contributed by atoms with Crippen LogP contribution in [0.2, 0.25) is 0 Å². The quantitative estimate of drug-likeness (QED) is 0.641. The van der Waals surface area contributed by atoms with Gasteiger partial charge in [-0.05, 0) is 39.2 Å². The molecule has 0 amide bonds. The Bertz CT molecular complexity index is 484. The third-order valence-corrected chi connectivity index (χ3v) is 3.91. The zero-order valence-corrected chi connectivity index (χ0v) is 12.3. The molecule has 1 aliphatic carbocycles. The summed E-state index contributed by atoms with van der Waals surface area (Å²) >= 11 is 0. The van der Waals surface area contributed by atoms with Gasteiger partial charge < -0.3 is 10.1 Å². The molecule has 1 aromatic carbocycles. The highest BCUT2D eigenvalue weighted by Crippen LogP contribution is 2.28. The van der Waals surface area contributed by atoms with E-state index in [2.05, 4.69) is 5.32 Å². The standard InChI is InChI=1S/C15H22N2O3/c1-4-20-14-8-13(9-14)16-11(3)12-6-5-10(2)15(7-12)17(18)19/h5-7,11,13-14,16H,4,8-9H2,1-3H3. The van der Waals surface area contributed by atoms with E-state index in [0.717, 1.165) is 25.0 Å². The molecular weight excluding hydrogens is 256 g/mol. The summed E-state index contributed by atoms with van der Waals surface area (Å²) in [4.78, 5) is 10.7. The van der Waals surface area contributed by atoms with E-state index in [0.29, 0.717) is 17.7 Å². The van der Waals surface area contributed by atoms with Crippen molar-refractivity contribution >= 4 is 5.69 Å². The number of benzene rings is 1. The first-order chi connectivity index (χ1) is 9.51. The van der Waals surface area contributed by atoms with Gasteiger partial charge in [-0.25, -0.2) is 0 Å². The maximum Gasteiger partial charge on any atom is 0.272 e. The molecule has 1 N–H and O–H groups in total. The number of nitro groups is 1. The van der Waals surface area contributed by atoms with E-state index in [1.807, 2.05) is 26.0 Å². The molecule has 0 saturated heterocycles. The largest absolute Gasteiger partial charge is 0.378 e. The van der Waals surface area contributed by atoms with Crippen LogP contribution in [0.5, 0.6) is 0 Å². The van der Waals surface area contributed by atoms with E-state index >= 15 is 0 Å². The zero-order chi connectivity index (χ0) is 14.7. The molecule has 0 heterocycles. The first kappa shape index (κ1) is 14.9. The predicted octanol–water partition coefficient (Wildman–Crippen LogP) is 3.12. The second-order valence-electron chi connectivity index (χ2n) is 5.44. The molecule has 0 aromatic heterocycles. The van der Waals surface area contributed by atoms with Crippen molar-refractivity contribution in [2.45, 2.75) is 51.8 Å². The van der Waals surface area contributed by atoms with Crippen molar-refractivity contribution in [2.24, 2.45) is 0 Å². The van der Waals surface area contributed by atoms with Gasteiger partial charge in [0.2, 0.25) is 0 Å². The molecular formula is C15H22N2O3. The molecule has 1 unspecified atom stereocenters. The van der Waals surface area contributed by atoms with Crippen molar-refractivity contribution in [3.05, 3.63) is 39.4 Å². The van der Waals surface area contributed by atoms with Crippen LogP contribution in [0, 0.1) is 17.0 Å². The molecule has 1 aromatic rings. The Kier molecular flexibility index (Phi) is 4.73. The van der Waals surface area contributed by atoms with Gasteiger partial charge in [-0.1, -0.05) is 12.1 Å². The molecule has 1 saturated carbocycles.